The van der Waals surface area contributed by atoms with E-state index in [0.29, 0.717) is 31.8 Å². The highest BCUT2D eigenvalue weighted by Gasteiger charge is 2.34. The first-order chi connectivity index (χ1) is 12.6. The van der Waals surface area contributed by atoms with Crippen LogP contribution in [0.5, 0.6) is 0 Å². The molecule has 142 valence electrons. The summed E-state index contributed by atoms with van der Waals surface area (Å²) in [6, 6.07) is 7.75. The van der Waals surface area contributed by atoms with Crippen LogP contribution < -0.4 is 0 Å². The third-order valence-electron chi connectivity index (χ3n) is 5.41. The number of carbonyl (C=O) groups is 2. The molecular weight excluding hydrogens is 348 g/mol. The van der Waals surface area contributed by atoms with Crippen molar-refractivity contribution in [3.8, 4) is 0 Å². The SMILES string of the molecule is CCCN(CC1CC1)C(=O)[C@H]1CCC(=O)N(CCc2ccc(Cl)cc2)C1. The Morgan fingerprint density at radius 1 is 1.23 bits per heavy atom. The molecule has 5 heteroatoms. The molecule has 0 radical (unpaired) electrons. The second-order valence-corrected chi connectivity index (χ2v) is 8.12. The molecule has 2 fully saturated rings. The Kier molecular flexibility index (Phi) is 6.58. The van der Waals surface area contributed by atoms with Crippen molar-refractivity contribution in [3.63, 3.8) is 0 Å². The van der Waals surface area contributed by atoms with Crippen LogP contribution in [-0.2, 0) is 16.0 Å². The molecule has 1 heterocycles. The highest BCUT2D eigenvalue weighted by Crippen LogP contribution is 2.31. The standard InChI is InChI=1S/C21H29ClN2O2/c1-2-12-24(14-17-3-4-17)21(26)18-7-10-20(25)23(15-18)13-11-16-5-8-19(22)9-6-16/h5-6,8-9,17-18H,2-4,7,10-15H2,1H3/t18-/m0/s1. The van der Waals surface area contributed by atoms with Crippen LogP contribution in [0.4, 0.5) is 0 Å². The molecule has 0 bridgehead atoms. The van der Waals surface area contributed by atoms with Gasteiger partial charge >= 0.3 is 0 Å². The number of amides is 2. The van der Waals surface area contributed by atoms with E-state index in [2.05, 4.69) is 11.8 Å². The van der Waals surface area contributed by atoms with E-state index in [-0.39, 0.29) is 17.7 Å². The van der Waals surface area contributed by atoms with E-state index < -0.39 is 0 Å². The molecule has 4 nitrogen and oxygen atoms in total. The van der Waals surface area contributed by atoms with Crippen LogP contribution in [0.1, 0.15) is 44.6 Å². The van der Waals surface area contributed by atoms with Gasteiger partial charge in [-0.3, -0.25) is 9.59 Å². The topological polar surface area (TPSA) is 40.6 Å². The zero-order valence-corrected chi connectivity index (χ0v) is 16.4. The molecule has 26 heavy (non-hydrogen) atoms. The number of likely N-dealkylation sites (tertiary alicyclic amines) is 1. The quantitative estimate of drug-likeness (QED) is 0.692. The number of hydrogen-bond acceptors (Lipinski definition) is 2. The third-order valence-corrected chi connectivity index (χ3v) is 5.67. The lowest BCUT2D eigenvalue weighted by atomic mass is 9.95. The fourth-order valence-corrected chi connectivity index (χ4v) is 3.81. The van der Waals surface area contributed by atoms with Gasteiger partial charge in [-0.1, -0.05) is 30.7 Å². The van der Waals surface area contributed by atoms with Crippen molar-refractivity contribution in [3.05, 3.63) is 34.9 Å². The van der Waals surface area contributed by atoms with Crippen molar-refractivity contribution in [1.29, 1.82) is 0 Å². The highest BCUT2D eigenvalue weighted by atomic mass is 35.5. The molecule has 1 saturated heterocycles. The van der Waals surface area contributed by atoms with Gasteiger partial charge in [-0.25, -0.2) is 0 Å². The lowest BCUT2D eigenvalue weighted by Crippen LogP contribution is -2.48. The maximum absolute atomic E-state index is 13.0. The van der Waals surface area contributed by atoms with E-state index in [1.807, 2.05) is 29.2 Å². The largest absolute Gasteiger partial charge is 0.342 e. The van der Waals surface area contributed by atoms with Gasteiger partial charge in [0.25, 0.3) is 0 Å². The summed E-state index contributed by atoms with van der Waals surface area (Å²) in [5.74, 6) is 1.09. The summed E-state index contributed by atoms with van der Waals surface area (Å²) in [7, 11) is 0. The van der Waals surface area contributed by atoms with Crippen LogP contribution in [0.25, 0.3) is 0 Å². The molecule has 0 aromatic heterocycles. The summed E-state index contributed by atoms with van der Waals surface area (Å²) in [5.41, 5.74) is 1.16. The minimum absolute atomic E-state index is 0.0387. The van der Waals surface area contributed by atoms with E-state index in [1.54, 1.807) is 0 Å². The van der Waals surface area contributed by atoms with Gasteiger partial charge < -0.3 is 9.80 Å². The van der Waals surface area contributed by atoms with Gasteiger partial charge in [0, 0.05) is 37.6 Å². The normalized spacial score (nSPS) is 20.3. The Labute approximate surface area is 161 Å². The Morgan fingerprint density at radius 2 is 1.96 bits per heavy atom. The molecule has 1 aromatic rings. The molecule has 1 atom stereocenters. The van der Waals surface area contributed by atoms with Crippen molar-refractivity contribution in [1.82, 2.24) is 9.80 Å². The van der Waals surface area contributed by atoms with Gasteiger partial charge in [-0.15, -0.1) is 0 Å². The summed E-state index contributed by atoms with van der Waals surface area (Å²) in [4.78, 5) is 29.2. The van der Waals surface area contributed by atoms with Gasteiger partial charge in [0.05, 0.1) is 5.92 Å². The summed E-state index contributed by atoms with van der Waals surface area (Å²) < 4.78 is 0. The van der Waals surface area contributed by atoms with Gasteiger partial charge in [0.1, 0.15) is 0 Å². The average molecular weight is 377 g/mol. The van der Waals surface area contributed by atoms with E-state index in [9.17, 15) is 9.59 Å². The molecular formula is C21H29ClN2O2. The molecule has 1 aliphatic carbocycles. The average Bonchev–Trinajstić information content (AvgIpc) is 3.45. The monoisotopic (exact) mass is 376 g/mol. The predicted octanol–water partition coefficient (Wildman–Crippen LogP) is 3.77. The smallest absolute Gasteiger partial charge is 0.227 e. The highest BCUT2D eigenvalue weighted by molar-refractivity contribution is 6.30. The number of piperidine rings is 1. The second kappa shape index (κ2) is 8.90. The molecule has 1 saturated carbocycles. The summed E-state index contributed by atoms with van der Waals surface area (Å²) in [6.07, 6.45) is 5.48. The maximum Gasteiger partial charge on any atom is 0.227 e. The fourth-order valence-electron chi connectivity index (χ4n) is 3.68. The molecule has 0 spiro atoms. The van der Waals surface area contributed by atoms with E-state index in [1.165, 1.54) is 12.8 Å². The minimum Gasteiger partial charge on any atom is -0.342 e. The van der Waals surface area contributed by atoms with Crippen molar-refractivity contribution in [2.24, 2.45) is 11.8 Å². The lowest BCUT2D eigenvalue weighted by molar-refractivity contribution is -0.143. The van der Waals surface area contributed by atoms with Gasteiger partial charge in [0.15, 0.2) is 0 Å². The zero-order valence-electron chi connectivity index (χ0n) is 15.6. The molecule has 0 N–H and O–H groups in total. The first-order valence-corrected chi connectivity index (χ1v) is 10.3. The van der Waals surface area contributed by atoms with Crippen molar-refractivity contribution < 1.29 is 9.59 Å². The summed E-state index contributed by atoms with van der Waals surface area (Å²) in [5, 5.41) is 0.722. The second-order valence-electron chi connectivity index (χ2n) is 7.68. The van der Waals surface area contributed by atoms with Gasteiger partial charge in [-0.2, -0.15) is 0 Å². The number of rotatable bonds is 8. The van der Waals surface area contributed by atoms with E-state index in [0.717, 1.165) is 36.5 Å². The van der Waals surface area contributed by atoms with Crippen LogP contribution in [0, 0.1) is 11.8 Å². The molecule has 1 aromatic carbocycles. The number of halogens is 1. The number of hydrogen-bond donors (Lipinski definition) is 0. The summed E-state index contributed by atoms with van der Waals surface area (Å²) in [6.45, 7) is 5.10. The first kappa shape index (κ1) is 19.2. The zero-order chi connectivity index (χ0) is 18.5. The number of benzene rings is 1. The number of carbonyl (C=O) groups excluding carboxylic acids is 2. The number of nitrogens with zero attached hydrogens (tertiary/aromatic N) is 2. The van der Waals surface area contributed by atoms with E-state index in [4.69, 9.17) is 11.6 Å². The lowest BCUT2D eigenvalue weighted by Gasteiger charge is -2.35. The van der Waals surface area contributed by atoms with Crippen molar-refractivity contribution in [2.45, 2.75) is 45.4 Å². The van der Waals surface area contributed by atoms with Crippen molar-refractivity contribution in [2.75, 3.05) is 26.2 Å². The predicted molar refractivity (Wildman–Crippen MR) is 104 cm³/mol. The van der Waals surface area contributed by atoms with Crippen LogP contribution >= 0.6 is 11.6 Å². The Morgan fingerprint density at radius 3 is 2.62 bits per heavy atom. The maximum atomic E-state index is 13.0. The summed E-state index contributed by atoms with van der Waals surface area (Å²) >= 11 is 5.93. The van der Waals surface area contributed by atoms with Gasteiger partial charge in [0.2, 0.25) is 11.8 Å². The van der Waals surface area contributed by atoms with Crippen LogP contribution in [0.15, 0.2) is 24.3 Å². The molecule has 2 aliphatic rings. The minimum atomic E-state index is -0.0387. The molecule has 3 rings (SSSR count). The third kappa shape index (κ3) is 5.23. The molecule has 1 aliphatic heterocycles. The fraction of sp³-hybridized carbons (Fsp3) is 0.619. The molecule has 0 unspecified atom stereocenters. The van der Waals surface area contributed by atoms with Crippen molar-refractivity contribution >= 4 is 23.4 Å². The van der Waals surface area contributed by atoms with Gasteiger partial charge in [-0.05, 0) is 55.7 Å². The Balaban J connectivity index is 1.56. The first-order valence-electron chi connectivity index (χ1n) is 9.87. The Bertz CT molecular complexity index is 627. The van der Waals surface area contributed by atoms with E-state index >= 15 is 0 Å². The van der Waals surface area contributed by atoms with Crippen LogP contribution in [-0.4, -0.2) is 47.8 Å². The molecule has 2 amide bonds. The van der Waals surface area contributed by atoms with Crippen LogP contribution in [0.3, 0.4) is 0 Å². The van der Waals surface area contributed by atoms with Crippen LogP contribution in [0.2, 0.25) is 5.02 Å². The Hall–Kier alpha value is -1.55.